The molecule has 0 spiro atoms. The van der Waals surface area contributed by atoms with Gasteiger partial charge in [0.05, 0.1) is 29.0 Å². The predicted molar refractivity (Wildman–Crippen MR) is 105 cm³/mol. The maximum atomic E-state index is 12.7. The summed E-state index contributed by atoms with van der Waals surface area (Å²) in [5.41, 5.74) is 1.72. The molecule has 4 nitrogen and oxygen atoms in total. The lowest BCUT2D eigenvalue weighted by Crippen LogP contribution is -2.20. The fourth-order valence-corrected chi connectivity index (χ4v) is 4.67. The van der Waals surface area contributed by atoms with Crippen LogP contribution >= 0.6 is 34.3 Å². The van der Waals surface area contributed by atoms with Crippen molar-refractivity contribution in [3.05, 3.63) is 68.0 Å². The maximum absolute atomic E-state index is 12.7. The monoisotopic (exact) mass is 387 g/mol. The van der Waals surface area contributed by atoms with Gasteiger partial charge in [-0.05, 0) is 18.6 Å². The normalized spacial score (nSPS) is 11.3. The second-order valence-corrected chi connectivity index (χ2v) is 7.97. The summed E-state index contributed by atoms with van der Waals surface area (Å²) >= 11 is 9.34. The van der Waals surface area contributed by atoms with Crippen LogP contribution in [0.25, 0.3) is 20.8 Å². The van der Waals surface area contributed by atoms with Gasteiger partial charge in [0.2, 0.25) is 0 Å². The Labute approximate surface area is 157 Å². The van der Waals surface area contributed by atoms with Gasteiger partial charge in [-0.3, -0.25) is 9.36 Å². The van der Waals surface area contributed by atoms with Crippen LogP contribution in [0.5, 0.6) is 0 Å². The number of aryl methyl sites for hydroxylation is 1. The van der Waals surface area contributed by atoms with E-state index in [1.807, 2.05) is 35.7 Å². The highest BCUT2D eigenvalue weighted by Gasteiger charge is 2.11. The number of thiophene rings is 1. The fourth-order valence-electron chi connectivity index (χ4n) is 2.61. The highest BCUT2D eigenvalue weighted by atomic mass is 35.5. The minimum atomic E-state index is -0.0201. The van der Waals surface area contributed by atoms with E-state index in [2.05, 4.69) is 16.9 Å². The van der Waals surface area contributed by atoms with E-state index >= 15 is 0 Å². The molecule has 7 heteroatoms. The molecule has 4 aromatic rings. The van der Waals surface area contributed by atoms with Crippen LogP contribution in [0.2, 0.25) is 5.02 Å². The number of fused-ring (bicyclic) bond motifs is 1. The Morgan fingerprint density at radius 2 is 2.12 bits per heavy atom. The molecule has 0 bridgehead atoms. The molecule has 0 aliphatic heterocycles. The van der Waals surface area contributed by atoms with Crippen LogP contribution in [0.4, 0.5) is 0 Å². The van der Waals surface area contributed by atoms with Crippen molar-refractivity contribution >= 4 is 44.5 Å². The lowest BCUT2D eigenvalue weighted by Gasteiger charge is -2.02. The molecule has 0 atom stereocenters. The molecule has 126 valence electrons. The summed E-state index contributed by atoms with van der Waals surface area (Å²) in [6.45, 7) is 2.48. The number of aromatic nitrogens is 3. The zero-order valence-electron chi connectivity index (χ0n) is 13.4. The number of halogens is 1. The van der Waals surface area contributed by atoms with Gasteiger partial charge < -0.3 is 0 Å². The lowest BCUT2D eigenvalue weighted by molar-refractivity contribution is 0.735. The van der Waals surface area contributed by atoms with E-state index in [1.165, 1.54) is 16.2 Å². The lowest BCUT2D eigenvalue weighted by atomic mass is 10.2. The number of rotatable bonds is 4. The van der Waals surface area contributed by atoms with Crippen molar-refractivity contribution in [3.8, 4) is 10.6 Å². The second-order valence-electron chi connectivity index (χ2n) is 5.59. The van der Waals surface area contributed by atoms with E-state index in [4.69, 9.17) is 11.6 Å². The second kappa shape index (κ2) is 6.71. The van der Waals surface area contributed by atoms with E-state index in [0.29, 0.717) is 17.0 Å². The van der Waals surface area contributed by atoms with Gasteiger partial charge in [-0.25, -0.2) is 9.97 Å². The Hall–Kier alpha value is -2.02. The van der Waals surface area contributed by atoms with Gasteiger partial charge in [0.25, 0.3) is 5.56 Å². The topological polar surface area (TPSA) is 47.8 Å². The molecule has 0 unspecified atom stereocenters. The van der Waals surface area contributed by atoms with Gasteiger partial charge in [0, 0.05) is 15.8 Å². The third-order valence-electron chi connectivity index (χ3n) is 3.91. The van der Waals surface area contributed by atoms with E-state index in [0.717, 1.165) is 27.5 Å². The van der Waals surface area contributed by atoms with Gasteiger partial charge in [-0.1, -0.05) is 36.7 Å². The first-order valence-corrected chi connectivity index (χ1v) is 9.90. The molecule has 4 rings (SSSR count). The minimum Gasteiger partial charge on any atom is -0.293 e. The molecule has 3 heterocycles. The Morgan fingerprint density at radius 1 is 1.28 bits per heavy atom. The number of benzene rings is 1. The molecule has 0 N–H and O–H groups in total. The van der Waals surface area contributed by atoms with Crippen LogP contribution in [0.3, 0.4) is 0 Å². The molecule has 0 amide bonds. The van der Waals surface area contributed by atoms with E-state index in [9.17, 15) is 4.79 Å². The molecule has 0 aliphatic carbocycles. The van der Waals surface area contributed by atoms with Gasteiger partial charge in [-0.15, -0.1) is 22.7 Å². The van der Waals surface area contributed by atoms with Crippen molar-refractivity contribution in [3.63, 3.8) is 0 Å². The van der Waals surface area contributed by atoms with E-state index in [-0.39, 0.29) is 5.56 Å². The minimum absolute atomic E-state index is 0.0201. The highest BCUT2D eigenvalue weighted by molar-refractivity contribution is 7.18. The van der Waals surface area contributed by atoms with Crippen molar-refractivity contribution in [2.45, 2.75) is 19.9 Å². The standard InChI is InChI=1S/C18H14ClN3OS2/c1-2-12-7-14-16(25-12)20-10-22(18(14)23)8-11-9-24-17(21-11)13-5-3-4-6-15(13)19/h3-7,9-10H,2,8H2,1H3. The average Bonchev–Trinajstić information content (AvgIpc) is 3.25. The molecule has 0 aliphatic rings. The Balaban J connectivity index is 1.67. The Morgan fingerprint density at radius 3 is 2.92 bits per heavy atom. The third kappa shape index (κ3) is 3.13. The summed E-state index contributed by atoms with van der Waals surface area (Å²) in [6, 6.07) is 9.57. The largest absolute Gasteiger partial charge is 0.293 e. The molecule has 0 saturated carbocycles. The number of hydrogen-bond acceptors (Lipinski definition) is 5. The quantitative estimate of drug-likeness (QED) is 0.503. The number of nitrogens with zero attached hydrogens (tertiary/aromatic N) is 3. The molecule has 0 saturated heterocycles. The molecule has 3 aromatic heterocycles. The fraction of sp³-hybridized carbons (Fsp3) is 0.167. The van der Waals surface area contributed by atoms with Crippen LogP contribution in [-0.2, 0) is 13.0 Å². The van der Waals surface area contributed by atoms with Crippen molar-refractivity contribution in [1.82, 2.24) is 14.5 Å². The van der Waals surface area contributed by atoms with Gasteiger partial charge in [0.15, 0.2) is 0 Å². The molecule has 0 radical (unpaired) electrons. The SMILES string of the molecule is CCc1cc2c(=O)n(Cc3csc(-c4ccccc4Cl)n3)cnc2s1. The first kappa shape index (κ1) is 16.4. The van der Waals surface area contributed by atoms with Crippen LogP contribution in [-0.4, -0.2) is 14.5 Å². The summed E-state index contributed by atoms with van der Waals surface area (Å²) < 4.78 is 1.61. The maximum Gasteiger partial charge on any atom is 0.262 e. The first-order chi connectivity index (χ1) is 12.2. The Kier molecular flexibility index (Phi) is 4.41. The van der Waals surface area contributed by atoms with E-state index < -0.39 is 0 Å². The van der Waals surface area contributed by atoms with Crippen LogP contribution in [0.15, 0.2) is 46.8 Å². The van der Waals surface area contributed by atoms with Gasteiger partial charge in [-0.2, -0.15) is 0 Å². The third-order valence-corrected chi connectivity index (χ3v) is 6.35. The summed E-state index contributed by atoms with van der Waals surface area (Å²) in [5, 5.41) is 4.17. The molecule has 1 aromatic carbocycles. The summed E-state index contributed by atoms with van der Waals surface area (Å²) in [7, 11) is 0. The number of thiazole rings is 1. The van der Waals surface area contributed by atoms with Crippen LogP contribution in [0, 0.1) is 0 Å². The molecular weight excluding hydrogens is 374 g/mol. The van der Waals surface area contributed by atoms with Crippen molar-refractivity contribution in [2.75, 3.05) is 0 Å². The predicted octanol–water partition coefficient (Wildman–Crippen LogP) is 4.85. The van der Waals surface area contributed by atoms with Crippen LogP contribution < -0.4 is 5.56 Å². The van der Waals surface area contributed by atoms with Gasteiger partial charge >= 0.3 is 0 Å². The number of hydrogen-bond donors (Lipinski definition) is 0. The van der Waals surface area contributed by atoms with E-state index in [1.54, 1.807) is 22.2 Å². The molecule has 25 heavy (non-hydrogen) atoms. The van der Waals surface area contributed by atoms with Crippen LogP contribution in [0.1, 0.15) is 17.5 Å². The smallest absolute Gasteiger partial charge is 0.262 e. The summed E-state index contributed by atoms with van der Waals surface area (Å²) in [6.07, 6.45) is 2.52. The van der Waals surface area contributed by atoms with Gasteiger partial charge in [0.1, 0.15) is 9.84 Å². The summed E-state index contributed by atoms with van der Waals surface area (Å²) in [5.74, 6) is 0. The first-order valence-electron chi connectivity index (χ1n) is 7.83. The summed E-state index contributed by atoms with van der Waals surface area (Å²) in [4.78, 5) is 23.7. The zero-order chi connectivity index (χ0) is 17.4. The van der Waals surface area contributed by atoms with Crippen molar-refractivity contribution < 1.29 is 0 Å². The van der Waals surface area contributed by atoms with Crippen molar-refractivity contribution in [2.24, 2.45) is 0 Å². The molecular formula is C18H14ClN3OS2. The highest BCUT2D eigenvalue weighted by Crippen LogP contribution is 2.30. The zero-order valence-corrected chi connectivity index (χ0v) is 15.8. The molecule has 0 fully saturated rings. The van der Waals surface area contributed by atoms with Crippen molar-refractivity contribution in [1.29, 1.82) is 0 Å². The average molecular weight is 388 g/mol. The Bertz CT molecular complexity index is 1110.